The number of nitrogens with one attached hydrogen (secondary N) is 1. The van der Waals surface area contributed by atoms with Gasteiger partial charge in [0.1, 0.15) is 5.82 Å². The van der Waals surface area contributed by atoms with Gasteiger partial charge in [-0.05, 0) is 31.2 Å². The Kier molecular flexibility index (Phi) is 3.87. The van der Waals surface area contributed by atoms with Crippen LogP contribution >= 0.6 is 0 Å². The number of nitrogen functional groups attached to an aromatic ring is 1. The van der Waals surface area contributed by atoms with E-state index >= 15 is 0 Å². The molecule has 2 unspecified atom stereocenters. The highest BCUT2D eigenvalue weighted by molar-refractivity contribution is 5.53. The van der Waals surface area contributed by atoms with Gasteiger partial charge in [-0.3, -0.25) is 0 Å². The zero-order chi connectivity index (χ0) is 12.3. The summed E-state index contributed by atoms with van der Waals surface area (Å²) in [7, 11) is 0. The number of rotatable bonds is 2. The Balaban J connectivity index is 2.05. The molecule has 1 aromatic heterocycles. The van der Waals surface area contributed by atoms with Gasteiger partial charge in [-0.25, -0.2) is 4.98 Å². The fourth-order valence-electron chi connectivity index (χ4n) is 2.52. The lowest BCUT2D eigenvalue weighted by atomic mass is 9.97. The van der Waals surface area contributed by atoms with Crippen molar-refractivity contribution in [2.24, 2.45) is 5.92 Å². The van der Waals surface area contributed by atoms with E-state index in [-0.39, 0.29) is 0 Å². The molecule has 0 aliphatic heterocycles. The fourth-order valence-corrected chi connectivity index (χ4v) is 2.52. The van der Waals surface area contributed by atoms with Crippen LogP contribution in [0.2, 0.25) is 0 Å². The number of anilines is 2. The summed E-state index contributed by atoms with van der Waals surface area (Å²) in [6, 6.07) is 2.50. The molecular formula is C14H23N3. The van der Waals surface area contributed by atoms with Crippen molar-refractivity contribution in [3.63, 3.8) is 0 Å². The van der Waals surface area contributed by atoms with Gasteiger partial charge in [0.05, 0.1) is 0 Å². The van der Waals surface area contributed by atoms with E-state index < -0.39 is 0 Å². The molecular weight excluding hydrogens is 210 g/mol. The van der Waals surface area contributed by atoms with Crippen LogP contribution in [0.1, 0.15) is 44.6 Å². The Labute approximate surface area is 104 Å². The highest BCUT2D eigenvalue weighted by atomic mass is 15.0. The van der Waals surface area contributed by atoms with Crippen molar-refractivity contribution in [1.82, 2.24) is 4.98 Å². The molecule has 94 valence electrons. The molecule has 1 aliphatic rings. The number of pyridine rings is 1. The quantitative estimate of drug-likeness (QED) is 0.770. The second kappa shape index (κ2) is 5.39. The third kappa shape index (κ3) is 3.11. The van der Waals surface area contributed by atoms with Gasteiger partial charge < -0.3 is 11.1 Å². The minimum Gasteiger partial charge on any atom is -0.398 e. The van der Waals surface area contributed by atoms with Crippen LogP contribution in [0.5, 0.6) is 0 Å². The third-order valence-corrected chi connectivity index (χ3v) is 3.84. The van der Waals surface area contributed by atoms with E-state index in [0.29, 0.717) is 6.04 Å². The molecule has 0 amide bonds. The Morgan fingerprint density at radius 1 is 1.29 bits per heavy atom. The smallest absolute Gasteiger partial charge is 0.128 e. The van der Waals surface area contributed by atoms with Crippen LogP contribution < -0.4 is 11.1 Å². The lowest BCUT2D eigenvalue weighted by molar-refractivity contribution is 0.455. The number of aromatic nitrogens is 1. The Morgan fingerprint density at radius 3 is 2.82 bits per heavy atom. The third-order valence-electron chi connectivity index (χ3n) is 3.84. The first-order valence-electron chi connectivity index (χ1n) is 6.65. The second-order valence-electron chi connectivity index (χ2n) is 5.29. The minimum atomic E-state index is 0.548. The van der Waals surface area contributed by atoms with Gasteiger partial charge in [0, 0.05) is 24.0 Å². The number of aryl methyl sites for hydroxylation is 1. The average molecular weight is 233 g/mol. The lowest BCUT2D eigenvalue weighted by Crippen LogP contribution is -2.26. The maximum atomic E-state index is 5.91. The molecule has 2 rings (SSSR count). The van der Waals surface area contributed by atoms with Gasteiger partial charge >= 0.3 is 0 Å². The van der Waals surface area contributed by atoms with E-state index in [1.165, 1.54) is 32.1 Å². The van der Waals surface area contributed by atoms with Crippen molar-refractivity contribution in [2.45, 2.75) is 52.0 Å². The first-order valence-corrected chi connectivity index (χ1v) is 6.65. The first kappa shape index (κ1) is 12.2. The summed E-state index contributed by atoms with van der Waals surface area (Å²) < 4.78 is 0. The fraction of sp³-hybridized carbons (Fsp3) is 0.643. The standard InChI is InChI=1S/C14H23N3/c1-10-6-4-3-5-7-13(10)17-14-8-12(15)11(2)9-16-14/h8-10,13H,3-7H2,1-2H3,(H3,15,16,17). The monoisotopic (exact) mass is 233 g/mol. The first-order chi connectivity index (χ1) is 8.16. The van der Waals surface area contributed by atoms with E-state index in [4.69, 9.17) is 5.73 Å². The second-order valence-corrected chi connectivity index (χ2v) is 5.29. The Bertz CT molecular complexity index is 376. The summed E-state index contributed by atoms with van der Waals surface area (Å²) in [5.41, 5.74) is 7.78. The summed E-state index contributed by atoms with van der Waals surface area (Å²) >= 11 is 0. The van der Waals surface area contributed by atoms with Crippen molar-refractivity contribution in [3.8, 4) is 0 Å². The Hall–Kier alpha value is -1.25. The van der Waals surface area contributed by atoms with Gasteiger partial charge in [0.2, 0.25) is 0 Å². The zero-order valence-electron chi connectivity index (χ0n) is 10.9. The molecule has 0 bridgehead atoms. The van der Waals surface area contributed by atoms with Gasteiger partial charge in [0.15, 0.2) is 0 Å². The van der Waals surface area contributed by atoms with Gasteiger partial charge in [-0.2, -0.15) is 0 Å². The summed E-state index contributed by atoms with van der Waals surface area (Å²) in [5.74, 6) is 1.65. The molecule has 1 aliphatic carbocycles. The molecule has 17 heavy (non-hydrogen) atoms. The van der Waals surface area contributed by atoms with Crippen molar-refractivity contribution in [1.29, 1.82) is 0 Å². The molecule has 0 aromatic carbocycles. The summed E-state index contributed by atoms with van der Waals surface area (Å²) in [6.07, 6.45) is 8.47. The van der Waals surface area contributed by atoms with E-state index in [2.05, 4.69) is 17.2 Å². The predicted molar refractivity (Wildman–Crippen MR) is 73.0 cm³/mol. The summed E-state index contributed by atoms with van der Waals surface area (Å²) in [6.45, 7) is 4.32. The predicted octanol–water partition coefficient (Wildman–Crippen LogP) is 3.35. The lowest BCUT2D eigenvalue weighted by Gasteiger charge is -2.23. The van der Waals surface area contributed by atoms with E-state index in [1.54, 1.807) is 0 Å². The SMILES string of the molecule is Cc1cnc(NC2CCCCCC2C)cc1N. The van der Waals surface area contributed by atoms with Crippen LogP contribution in [0.4, 0.5) is 11.5 Å². The van der Waals surface area contributed by atoms with E-state index in [9.17, 15) is 0 Å². The van der Waals surface area contributed by atoms with Crippen molar-refractivity contribution in [3.05, 3.63) is 17.8 Å². The molecule has 3 nitrogen and oxygen atoms in total. The maximum absolute atomic E-state index is 5.91. The molecule has 0 radical (unpaired) electrons. The number of hydrogen-bond acceptors (Lipinski definition) is 3. The molecule has 0 saturated heterocycles. The van der Waals surface area contributed by atoms with Crippen molar-refractivity contribution < 1.29 is 0 Å². The Morgan fingerprint density at radius 2 is 2.06 bits per heavy atom. The van der Waals surface area contributed by atoms with E-state index in [1.807, 2.05) is 19.2 Å². The molecule has 1 saturated carbocycles. The molecule has 3 N–H and O–H groups in total. The van der Waals surface area contributed by atoms with Crippen molar-refractivity contribution in [2.75, 3.05) is 11.1 Å². The van der Waals surface area contributed by atoms with E-state index in [0.717, 1.165) is 23.0 Å². The maximum Gasteiger partial charge on any atom is 0.128 e. The largest absolute Gasteiger partial charge is 0.398 e. The minimum absolute atomic E-state index is 0.548. The molecule has 2 atom stereocenters. The summed E-state index contributed by atoms with van der Waals surface area (Å²) in [4.78, 5) is 4.41. The van der Waals surface area contributed by atoms with Crippen molar-refractivity contribution >= 4 is 11.5 Å². The molecule has 3 heteroatoms. The van der Waals surface area contributed by atoms with Crippen LogP contribution in [0.3, 0.4) is 0 Å². The van der Waals surface area contributed by atoms with Crippen LogP contribution in [-0.2, 0) is 0 Å². The van der Waals surface area contributed by atoms with Gasteiger partial charge in [0.25, 0.3) is 0 Å². The highest BCUT2D eigenvalue weighted by Gasteiger charge is 2.19. The number of nitrogens with two attached hydrogens (primary N) is 1. The molecule has 1 heterocycles. The van der Waals surface area contributed by atoms with Gasteiger partial charge in [-0.15, -0.1) is 0 Å². The number of nitrogens with zero attached hydrogens (tertiary/aromatic N) is 1. The topological polar surface area (TPSA) is 50.9 Å². The number of hydrogen-bond donors (Lipinski definition) is 2. The molecule has 1 fully saturated rings. The van der Waals surface area contributed by atoms with Crippen LogP contribution in [0.15, 0.2) is 12.3 Å². The van der Waals surface area contributed by atoms with Crippen LogP contribution in [-0.4, -0.2) is 11.0 Å². The van der Waals surface area contributed by atoms with Crippen LogP contribution in [0, 0.1) is 12.8 Å². The summed E-state index contributed by atoms with van der Waals surface area (Å²) in [5, 5.41) is 3.55. The normalized spacial score (nSPS) is 25.3. The zero-order valence-corrected chi connectivity index (χ0v) is 10.9. The molecule has 0 spiro atoms. The van der Waals surface area contributed by atoms with Crippen LogP contribution in [0.25, 0.3) is 0 Å². The molecule has 1 aromatic rings. The van der Waals surface area contributed by atoms with Gasteiger partial charge in [-0.1, -0.05) is 26.2 Å². The highest BCUT2D eigenvalue weighted by Crippen LogP contribution is 2.26. The average Bonchev–Trinajstić information content (AvgIpc) is 2.50.